The van der Waals surface area contributed by atoms with Crippen molar-refractivity contribution in [3.8, 4) is 11.1 Å². The summed E-state index contributed by atoms with van der Waals surface area (Å²) in [5, 5.41) is 8.21. The number of ketones is 1. The number of benzene rings is 2. The average Bonchev–Trinajstić information content (AvgIpc) is 3.14. The molecule has 1 atom stereocenters. The fraction of sp³-hybridized carbons (Fsp3) is 0.346. The summed E-state index contributed by atoms with van der Waals surface area (Å²) in [6, 6.07) is 11.6. The van der Waals surface area contributed by atoms with Gasteiger partial charge in [0, 0.05) is 42.2 Å². The Morgan fingerprint density at radius 3 is 2.68 bits per heavy atom. The summed E-state index contributed by atoms with van der Waals surface area (Å²) in [7, 11) is 0. The van der Waals surface area contributed by atoms with Crippen LogP contribution in [0.5, 0.6) is 0 Å². The van der Waals surface area contributed by atoms with Gasteiger partial charge in [-0.15, -0.1) is 0 Å². The Morgan fingerprint density at radius 2 is 1.87 bits per heavy atom. The Kier molecular flexibility index (Phi) is 5.05. The Balaban J connectivity index is 1.55. The molecule has 1 aliphatic carbocycles. The van der Waals surface area contributed by atoms with Crippen LogP contribution in [0.3, 0.4) is 0 Å². The lowest BCUT2D eigenvalue weighted by Gasteiger charge is -2.35. The third-order valence-electron chi connectivity index (χ3n) is 6.61. The predicted octanol–water partition coefficient (Wildman–Crippen LogP) is 5.41. The van der Waals surface area contributed by atoms with Crippen molar-refractivity contribution >= 4 is 11.5 Å². The topological polar surface area (TPSA) is 46.1 Å². The highest BCUT2D eigenvalue weighted by Crippen LogP contribution is 2.39. The van der Waals surface area contributed by atoms with Crippen molar-refractivity contribution in [3.05, 3.63) is 76.4 Å². The maximum Gasteiger partial charge on any atom is 0.163 e. The largest absolute Gasteiger partial charge is 0.371 e. The molecular formula is C26H26FN3O. The monoisotopic (exact) mass is 415 g/mol. The number of piperidine rings is 1. The number of hydrogen-bond donors (Lipinski definition) is 0. The second-order valence-electron chi connectivity index (χ2n) is 8.84. The zero-order valence-corrected chi connectivity index (χ0v) is 18.0. The summed E-state index contributed by atoms with van der Waals surface area (Å²) in [4.78, 5) is 15.0. The van der Waals surface area contributed by atoms with E-state index in [0.29, 0.717) is 24.3 Å². The van der Waals surface area contributed by atoms with Crippen LogP contribution in [0.25, 0.3) is 11.1 Å². The van der Waals surface area contributed by atoms with E-state index in [1.165, 1.54) is 5.56 Å². The Hall–Kier alpha value is -3.08. The van der Waals surface area contributed by atoms with Crippen LogP contribution in [0.2, 0.25) is 0 Å². The van der Waals surface area contributed by atoms with Crippen molar-refractivity contribution in [2.45, 2.75) is 45.4 Å². The minimum atomic E-state index is -0.228. The minimum Gasteiger partial charge on any atom is -0.371 e. The molecule has 158 valence electrons. The summed E-state index contributed by atoms with van der Waals surface area (Å²) < 4.78 is 14.9. The molecule has 0 amide bonds. The van der Waals surface area contributed by atoms with Gasteiger partial charge in [0.1, 0.15) is 5.82 Å². The van der Waals surface area contributed by atoms with Crippen molar-refractivity contribution in [3.63, 3.8) is 0 Å². The van der Waals surface area contributed by atoms with Crippen LogP contribution in [0.1, 0.15) is 57.9 Å². The average molecular weight is 416 g/mol. The number of aryl methyl sites for hydroxylation is 2. The van der Waals surface area contributed by atoms with E-state index in [1.807, 2.05) is 38.2 Å². The van der Waals surface area contributed by atoms with E-state index in [0.717, 1.165) is 59.6 Å². The molecule has 4 nitrogen and oxygen atoms in total. The third-order valence-corrected chi connectivity index (χ3v) is 6.61. The van der Waals surface area contributed by atoms with E-state index in [9.17, 15) is 9.18 Å². The first-order chi connectivity index (χ1) is 15.0. The molecule has 31 heavy (non-hydrogen) atoms. The molecule has 1 aliphatic heterocycles. The van der Waals surface area contributed by atoms with Crippen LogP contribution in [0.4, 0.5) is 10.1 Å². The highest BCUT2D eigenvalue weighted by Gasteiger charge is 2.28. The van der Waals surface area contributed by atoms with E-state index in [2.05, 4.69) is 27.2 Å². The van der Waals surface area contributed by atoms with Gasteiger partial charge in [-0.2, -0.15) is 10.2 Å². The number of anilines is 1. The lowest BCUT2D eigenvalue weighted by atomic mass is 9.90. The summed E-state index contributed by atoms with van der Waals surface area (Å²) >= 11 is 0. The highest BCUT2D eigenvalue weighted by molar-refractivity contribution is 6.03. The number of aromatic nitrogens is 2. The van der Waals surface area contributed by atoms with Gasteiger partial charge in [0.25, 0.3) is 0 Å². The molecule has 1 aromatic heterocycles. The number of hydrogen-bond acceptors (Lipinski definition) is 4. The molecule has 2 heterocycles. The first-order valence-corrected chi connectivity index (χ1v) is 11.0. The second kappa shape index (κ2) is 7.88. The molecule has 0 N–H and O–H groups in total. The van der Waals surface area contributed by atoms with Crippen LogP contribution < -0.4 is 4.90 Å². The SMILES string of the molecule is Cc1ccc(-c2cc(N3CCC[C@@H](c4cnnc(C)c4)C3)cc3c2CCC3=O)c(F)c1. The fourth-order valence-electron chi connectivity index (χ4n) is 5.01. The molecule has 1 saturated heterocycles. The molecule has 2 aromatic carbocycles. The van der Waals surface area contributed by atoms with Crippen molar-refractivity contribution < 1.29 is 9.18 Å². The second-order valence-corrected chi connectivity index (χ2v) is 8.84. The lowest BCUT2D eigenvalue weighted by Crippen LogP contribution is -2.34. The van der Waals surface area contributed by atoms with Gasteiger partial charge >= 0.3 is 0 Å². The van der Waals surface area contributed by atoms with Gasteiger partial charge in [-0.1, -0.05) is 12.1 Å². The first-order valence-electron chi connectivity index (χ1n) is 11.0. The van der Waals surface area contributed by atoms with Crippen molar-refractivity contribution in [1.29, 1.82) is 0 Å². The Morgan fingerprint density at radius 1 is 1.03 bits per heavy atom. The molecule has 0 radical (unpaired) electrons. The molecule has 0 bridgehead atoms. The van der Waals surface area contributed by atoms with Gasteiger partial charge in [0.2, 0.25) is 0 Å². The number of Topliss-reactive ketones (excluding diaryl/α,β-unsaturated/α-hetero) is 1. The fourth-order valence-corrected chi connectivity index (χ4v) is 5.01. The molecule has 0 spiro atoms. The summed E-state index contributed by atoms with van der Waals surface area (Å²) in [5.74, 6) is 0.299. The molecule has 3 aromatic rings. The third kappa shape index (κ3) is 3.73. The van der Waals surface area contributed by atoms with E-state index in [1.54, 1.807) is 6.07 Å². The molecule has 0 unspecified atom stereocenters. The molecule has 2 aliphatic rings. The zero-order valence-electron chi connectivity index (χ0n) is 18.0. The van der Waals surface area contributed by atoms with E-state index in [4.69, 9.17) is 0 Å². The van der Waals surface area contributed by atoms with Crippen LogP contribution >= 0.6 is 0 Å². The molecule has 0 saturated carbocycles. The van der Waals surface area contributed by atoms with Gasteiger partial charge in [-0.3, -0.25) is 4.79 Å². The van der Waals surface area contributed by atoms with Crippen LogP contribution in [-0.4, -0.2) is 29.1 Å². The molecule has 1 fully saturated rings. The maximum atomic E-state index is 14.9. The van der Waals surface area contributed by atoms with Gasteiger partial charge < -0.3 is 4.90 Å². The minimum absolute atomic E-state index is 0.160. The van der Waals surface area contributed by atoms with Gasteiger partial charge in [0.15, 0.2) is 5.78 Å². The smallest absolute Gasteiger partial charge is 0.163 e. The van der Waals surface area contributed by atoms with Gasteiger partial charge in [-0.25, -0.2) is 4.39 Å². The van der Waals surface area contributed by atoms with Crippen LogP contribution in [-0.2, 0) is 6.42 Å². The van der Waals surface area contributed by atoms with Crippen molar-refractivity contribution in [1.82, 2.24) is 10.2 Å². The number of carbonyl (C=O) groups excluding carboxylic acids is 1. The molecular weight excluding hydrogens is 389 g/mol. The number of halogens is 1. The molecule has 5 rings (SSSR count). The Labute approximate surface area is 182 Å². The Bertz CT molecular complexity index is 1170. The number of rotatable bonds is 3. The maximum absolute atomic E-state index is 14.9. The predicted molar refractivity (Wildman–Crippen MR) is 120 cm³/mol. The molecule has 5 heteroatoms. The van der Waals surface area contributed by atoms with Crippen LogP contribution in [0, 0.1) is 19.7 Å². The summed E-state index contributed by atoms with van der Waals surface area (Å²) in [6.45, 7) is 5.64. The van der Waals surface area contributed by atoms with Crippen molar-refractivity contribution in [2.75, 3.05) is 18.0 Å². The number of carbonyl (C=O) groups is 1. The highest BCUT2D eigenvalue weighted by atomic mass is 19.1. The first kappa shape index (κ1) is 19.9. The van der Waals surface area contributed by atoms with E-state index < -0.39 is 0 Å². The number of nitrogens with zero attached hydrogens (tertiary/aromatic N) is 3. The standard InChI is InChI=1S/C26H26FN3O/c1-16-5-6-22(25(27)10-16)23-12-20(13-24-21(23)7-8-26(24)31)30-9-3-4-18(15-30)19-11-17(2)29-28-14-19/h5-6,10-14,18H,3-4,7-9,15H2,1-2H3/t18-/m1/s1. The van der Waals surface area contributed by atoms with E-state index in [-0.39, 0.29) is 11.6 Å². The van der Waals surface area contributed by atoms with E-state index >= 15 is 0 Å². The zero-order chi connectivity index (χ0) is 21.5. The van der Waals surface area contributed by atoms with Crippen molar-refractivity contribution in [2.24, 2.45) is 0 Å². The quantitative estimate of drug-likeness (QED) is 0.574. The summed E-state index contributed by atoms with van der Waals surface area (Å²) in [5.41, 5.74) is 7.22. The van der Waals surface area contributed by atoms with Crippen LogP contribution in [0.15, 0.2) is 42.6 Å². The normalized spacial score (nSPS) is 18.4. The lowest BCUT2D eigenvalue weighted by molar-refractivity contribution is 0.0994. The summed E-state index contributed by atoms with van der Waals surface area (Å²) in [6.07, 6.45) is 5.21. The van der Waals surface area contributed by atoms with Gasteiger partial charge in [-0.05, 0) is 79.6 Å². The number of fused-ring (bicyclic) bond motifs is 1. The van der Waals surface area contributed by atoms with Gasteiger partial charge in [0.05, 0.1) is 11.9 Å².